The number of aliphatic carboxylic acids is 1. The highest BCUT2D eigenvalue weighted by molar-refractivity contribution is 5.76. The van der Waals surface area contributed by atoms with Gasteiger partial charge in [0, 0.05) is 6.54 Å². The fourth-order valence-corrected chi connectivity index (χ4v) is 2.39. The van der Waals surface area contributed by atoms with Crippen LogP contribution in [0, 0.1) is 0 Å². The molecule has 0 aliphatic carbocycles. The van der Waals surface area contributed by atoms with Gasteiger partial charge in [-0.05, 0) is 19.1 Å². The van der Waals surface area contributed by atoms with Crippen molar-refractivity contribution in [1.29, 1.82) is 0 Å². The second-order valence-corrected chi connectivity index (χ2v) is 4.81. The zero-order chi connectivity index (χ0) is 14.8. The minimum Gasteiger partial charge on any atom is -0.481 e. The van der Waals surface area contributed by atoms with Crippen LogP contribution in [0.5, 0.6) is 0 Å². The Kier molecular flexibility index (Phi) is 3.39. The van der Waals surface area contributed by atoms with E-state index in [0.717, 1.165) is 16.9 Å². The van der Waals surface area contributed by atoms with E-state index >= 15 is 0 Å². The number of hydrogen-bond donors (Lipinski definition) is 1. The van der Waals surface area contributed by atoms with Crippen molar-refractivity contribution < 1.29 is 9.90 Å². The van der Waals surface area contributed by atoms with Crippen LogP contribution in [0.15, 0.2) is 36.9 Å². The molecule has 1 atom stereocenters. The van der Waals surface area contributed by atoms with Crippen molar-refractivity contribution in [2.45, 2.75) is 25.9 Å². The number of fused-ring (bicyclic) bond motifs is 1. The normalized spacial score (nSPS) is 12.6. The largest absolute Gasteiger partial charge is 0.481 e. The van der Waals surface area contributed by atoms with Crippen molar-refractivity contribution in [3.8, 4) is 0 Å². The fourth-order valence-electron chi connectivity index (χ4n) is 2.39. The molecule has 3 aromatic rings. The Morgan fingerprint density at radius 3 is 2.90 bits per heavy atom. The Balaban J connectivity index is 2.07. The van der Waals surface area contributed by atoms with Crippen LogP contribution in [0.3, 0.4) is 0 Å². The average Bonchev–Trinajstić information content (AvgIpc) is 3.12. The van der Waals surface area contributed by atoms with Crippen molar-refractivity contribution in [3.63, 3.8) is 0 Å². The van der Waals surface area contributed by atoms with Crippen LogP contribution in [0.1, 0.15) is 25.2 Å². The smallest absolute Gasteiger partial charge is 0.305 e. The van der Waals surface area contributed by atoms with Crippen LogP contribution in [-0.4, -0.2) is 35.4 Å². The van der Waals surface area contributed by atoms with Gasteiger partial charge in [-0.2, -0.15) is 5.10 Å². The highest BCUT2D eigenvalue weighted by Crippen LogP contribution is 2.23. The van der Waals surface area contributed by atoms with Gasteiger partial charge in [0.25, 0.3) is 0 Å². The molecular formula is C14H15N5O2. The molecule has 108 valence electrons. The van der Waals surface area contributed by atoms with Gasteiger partial charge in [-0.3, -0.25) is 4.79 Å². The quantitative estimate of drug-likeness (QED) is 0.771. The van der Waals surface area contributed by atoms with E-state index in [1.54, 1.807) is 11.0 Å². The van der Waals surface area contributed by atoms with Gasteiger partial charge in [0.2, 0.25) is 0 Å². The van der Waals surface area contributed by atoms with Crippen molar-refractivity contribution in [3.05, 3.63) is 42.7 Å². The number of nitrogens with zero attached hydrogens (tertiary/aromatic N) is 5. The molecule has 3 rings (SSSR count). The van der Waals surface area contributed by atoms with E-state index < -0.39 is 5.97 Å². The van der Waals surface area contributed by atoms with E-state index in [1.165, 1.54) is 6.33 Å². The van der Waals surface area contributed by atoms with Crippen molar-refractivity contribution in [2.24, 2.45) is 0 Å². The molecule has 0 fully saturated rings. The Bertz CT molecular complexity index is 763. The zero-order valence-electron chi connectivity index (χ0n) is 11.5. The van der Waals surface area contributed by atoms with Gasteiger partial charge < -0.3 is 9.67 Å². The lowest BCUT2D eigenvalue weighted by Crippen LogP contribution is -2.15. The van der Waals surface area contributed by atoms with Gasteiger partial charge in [-0.25, -0.2) is 14.6 Å². The van der Waals surface area contributed by atoms with E-state index in [-0.39, 0.29) is 12.5 Å². The van der Waals surface area contributed by atoms with Crippen LogP contribution in [-0.2, 0) is 11.3 Å². The summed E-state index contributed by atoms with van der Waals surface area (Å²) in [6, 6.07) is 7.59. The van der Waals surface area contributed by atoms with Crippen LogP contribution < -0.4 is 0 Å². The van der Waals surface area contributed by atoms with E-state index in [0.29, 0.717) is 6.54 Å². The monoisotopic (exact) mass is 285 g/mol. The van der Waals surface area contributed by atoms with E-state index in [9.17, 15) is 4.79 Å². The molecule has 2 aromatic heterocycles. The second-order valence-electron chi connectivity index (χ2n) is 4.81. The minimum absolute atomic E-state index is 0.0530. The third-order valence-electron chi connectivity index (χ3n) is 3.44. The predicted octanol–water partition coefficient (Wildman–Crippen LogP) is 1.71. The summed E-state index contributed by atoms with van der Waals surface area (Å²) in [7, 11) is 0. The lowest BCUT2D eigenvalue weighted by molar-refractivity contribution is -0.137. The lowest BCUT2D eigenvalue weighted by atomic mass is 10.3. The van der Waals surface area contributed by atoms with Gasteiger partial charge in [0.15, 0.2) is 0 Å². The third kappa shape index (κ3) is 2.49. The maximum absolute atomic E-state index is 10.9. The van der Waals surface area contributed by atoms with Crippen LogP contribution in [0.2, 0.25) is 0 Å². The molecule has 0 bridgehead atoms. The summed E-state index contributed by atoms with van der Waals surface area (Å²) in [4.78, 5) is 19.5. The molecule has 7 nitrogen and oxygen atoms in total. The molecule has 0 aliphatic rings. The number of aryl methyl sites for hydroxylation is 1. The first-order chi connectivity index (χ1) is 10.2. The van der Waals surface area contributed by atoms with Gasteiger partial charge in [-0.15, -0.1) is 0 Å². The fraction of sp³-hybridized carbons (Fsp3) is 0.286. The number of carbonyl (C=O) groups is 1. The maximum atomic E-state index is 10.9. The van der Waals surface area contributed by atoms with Gasteiger partial charge in [0.1, 0.15) is 24.5 Å². The number of carboxylic acids is 1. The zero-order valence-corrected chi connectivity index (χ0v) is 11.5. The Morgan fingerprint density at radius 2 is 2.19 bits per heavy atom. The van der Waals surface area contributed by atoms with Crippen LogP contribution in [0.4, 0.5) is 0 Å². The predicted molar refractivity (Wildman–Crippen MR) is 75.8 cm³/mol. The van der Waals surface area contributed by atoms with Gasteiger partial charge in [0.05, 0.1) is 17.5 Å². The molecule has 7 heteroatoms. The maximum Gasteiger partial charge on any atom is 0.305 e. The number of aromatic nitrogens is 5. The summed E-state index contributed by atoms with van der Waals surface area (Å²) in [6.07, 6.45) is 3.16. The first kappa shape index (κ1) is 13.3. The summed E-state index contributed by atoms with van der Waals surface area (Å²) in [5.74, 6) is -0.0462. The molecular weight excluding hydrogens is 270 g/mol. The number of carboxylic acid groups (broad SMARTS) is 1. The Morgan fingerprint density at radius 1 is 1.38 bits per heavy atom. The first-order valence-electron chi connectivity index (χ1n) is 6.68. The van der Waals surface area contributed by atoms with Crippen molar-refractivity contribution in [1.82, 2.24) is 24.3 Å². The van der Waals surface area contributed by atoms with Crippen LogP contribution >= 0.6 is 0 Å². The first-order valence-corrected chi connectivity index (χ1v) is 6.68. The summed E-state index contributed by atoms with van der Waals surface area (Å²) in [5, 5.41) is 13.1. The second kappa shape index (κ2) is 5.35. The minimum atomic E-state index is -0.827. The number of benzene rings is 1. The van der Waals surface area contributed by atoms with E-state index in [1.807, 2.05) is 35.8 Å². The molecule has 1 N–H and O–H groups in total. The topological polar surface area (TPSA) is 85.8 Å². The van der Waals surface area contributed by atoms with Crippen LogP contribution in [0.25, 0.3) is 11.0 Å². The molecule has 2 heterocycles. The van der Waals surface area contributed by atoms with Gasteiger partial charge in [-0.1, -0.05) is 12.1 Å². The number of rotatable bonds is 5. The average molecular weight is 285 g/mol. The molecule has 0 spiro atoms. The molecule has 21 heavy (non-hydrogen) atoms. The third-order valence-corrected chi connectivity index (χ3v) is 3.44. The summed E-state index contributed by atoms with van der Waals surface area (Å²) in [6.45, 7) is 2.34. The van der Waals surface area contributed by atoms with Crippen molar-refractivity contribution >= 4 is 17.0 Å². The lowest BCUT2D eigenvalue weighted by Gasteiger charge is -2.14. The number of imidazole rings is 1. The summed E-state index contributed by atoms with van der Waals surface area (Å²) >= 11 is 0. The summed E-state index contributed by atoms with van der Waals surface area (Å²) in [5.41, 5.74) is 1.78. The molecule has 0 amide bonds. The Hall–Kier alpha value is -2.70. The highest BCUT2D eigenvalue weighted by atomic mass is 16.4. The number of hydrogen-bond acceptors (Lipinski definition) is 4. The Labute approximate surface area is 120 Å². The number of para-hydroxylation sites is 2. The SMILES string of the molecule is CC(c1nc2ccccc2n1CCC(=O)O)n1cncn1. The standard InChI is InChI=1S/C14H15N5O2/c1-10(19-9-15-8-16-19)14-17-11-4-2-3-5-12(11)18(14)7-6-13(20)21/h2-5,8-10H,6-7H2,1H3,(H,20,21). The van der Waals surface area contributed by atoms with Crippen molar-refractivity contribution in [2.75, 3.05) is 0 Å². The summed E-state index contributed by atoms with van der Waals surface area (Å²) < 4.78 is 3.65. The highest BCUT2D eigenvalue weighted by Gasteiger charge is 2.18. The van der Waals surface area contributed by atoms with E-state index in [4.69, 9.17) is 5.11 Å². The van der Waals surface area contributed by atoms with E-state index in [2.05, 4.69) is 15.1 Å². The van der Waals surface area contributed by atoms with Gasteiger partial charge >= 0.3 is 5.97 Å². The molecule has 0 radical (unpaired) electrons. The molecule has 1 unspecified atom stereocenters. The molecule has 0 saturated heterocycles. The molecule has 1 aromatic carbocycles. The molecule has 0 aliphatic heterocycles. The molecule has 0 saturated carbocycles.